The molecule has 2 fully saturated rings. The van der Waals surface area contributed by atoms with Crippen molar-refractivity contribution in [3.63, 3.8) is 0 Å². The molecule has 0 aromatic heterocycles. The van der Waals surface area contributed by atoms with Crippen LogP contribution in [0.15, 0.2) is 36.4 Å². The van der Waals surface area contributed by atoms with E-state index in [9.17, 15) is 19.5 Å². The number of carboxylic acid groups (broad SMARTS) is 1. The van der Waals surface area contributed by atoms with Gasteiger partial charge in [0, 0.05) is 38.4 Å². The number of benzene rings is 2. The van der Waals surface area contributed by atoms with Gasteiger partial charge in [-0.05, 0) is 67.0 Å². The van der Waals surface area contributed by atoms with Crippen molar-refractivity contribution in [1.29, 1.82) is 0 Å². The first-order chi connectivity index (χ1) is 19.3. The first kappa shape index (κ1) is 28.0. The zero-order valence-corrected chi connectivity index (χ0v) is 23.3. The number of methoxy groups -OCH3 is 1. The van der Waals surface area contributed by atoms with E-state index in [0.717, 1.165) is 37.1 Å². The van der Waals surface area contributed by atoms with Gasteiger partial charge < -0.3 is 19.3 Å². The summed E-state index contributed by atoms with van der Waals surface area (Å²) >= 11 is 0. The summed E-state index contributed by atoms with van der Waals surface area (Å²) in [4.78, 5) is 39.0. The number of carboxylic acids is 1. The van der Waals surface area contributed by atoms with Gasteiger partial charge in [0.25, 0.3) is 0 Å². The average Bonchev–Trinajstić information content (AvgIpc) is 3.69. The number of rotatable bonds is 12. The molecule has 2 aromatic carbocycles. The molecule has 1 N–H and O–H groups in total. The van der Waals surface area contributed by atoms with E-state index in [1.54, 1.807) is 7.11 Å². The van der Waals surface area contributed by atoms with Crippen molar-refractivity contribution < 1.29 is 33.7 Å². The molecule has 9 heteroatoms. The van der Waals surface area contributed by atoms with Crippen LogP contribution in [0.25, 0.3) is 0 Å². The fourth-order valence-electron chi connectivity index (χ4n) is 6.12. The lowest BCUT2D eigenvalue weighted by Gasteiger charge is -2.32. The van der Waals surface area contributed by atoms with Crippen molar-refractivity contribution in [3.8, 4) is 17.2 Å². The van der Waals surface area contributed by atoms with E-state index in [2.05, 4.69) is 30.0 Å². The van der Waals surface area contributed by atoms with E-state index in [4.69, 9.17) is 14.2 Å². The number of likely N-dealkylation sites (tertiary alicyclic amines) is 1. The standard InChI is InChI=1S/C31H38N2O7/c1-20(23-6-8-26-24(17-23)11-13-39-26)32(18-21-3-5-25(15-21)31(36)37)19-22-4-7-27(28(16-22)38-2)40-14-12-33-29(34)9-10-30(33)35/h4,6-8,16-17,20-21,25H,3,5,9-15,18-19H2,1-2H3,(H,36,37)/t20?,21?,25-/m1/s1. The predicted molar refractivity (Wildman–Crippen MR) is 147 cm³/mol. The smallest absolute Gasteiger partial charge is 0.306 e. The predicted octanol–water partition coefficient (Wildman–Crippen LogP) is 4.22. The first-order valence-corrected chi connectivity index (χ1v) is 14.2. The zero-order valence-electron chi connectivity index (χ0n) is 23.3. The number of nitrogens with zero attached hydrogens (tertiary/aromatic N) is 2. The average molecular weight is 551 g/mol. The minimum atomic E-state index is -0.695. The van der Waals surface area contributed by atoms with Gasteiger partial charge in [0.15, 0.2) is 11.5 Å². The van der Waals surface area contributed by atoms with Gasteiger partial charge in [0.2, 0.25) is 11.8 Å². The fourth-order valence-corrected chi connectivity index (χ4v) is 6.12. The summed E-state index contributed by atoms with van der Waals surface area (Å²) in [7, 11) is 1.59. The molecule has 2 unspecified atom stereocenters. The summed E-state index contributed by atoms with van der Waals surface area (Å²) in [6.07, 6.45) is 3.79. The lowest BCUT2D eigenvalue weighted by Crippen LogP contribution is -2.33. The Morgan fingerprint density at radius 2 is 1.90 bits per heavy atom. The number of hydrogen-bond acceptors (Lipinski definition) is 7. The van der Waals surface area contributed by atoms with Gasteiger partial charge in [-0.15, -0.1) is 0 Å². The van der Waals surface area contributed by atoms with E-state index in [-0.39, 0.29) is 49.8 Å². The third kappa shape index (κ3) is 6.25. The molecule has 3 aliphatic rings. The van der Waals surface area contributed by atoms with Crippen molar-refractivity contribution >= 4 is 17.8 Å². The molecule has 1 saturated carbocycles. The van der Waals surface area contributed by atoms with Crippen LogP contribution < -0.4 is 14.2 Å². The molecule has 1 saturated heterocycles. The lowest BCUT2D eigenvalue weighted by atomic mass is 9.99. The summed E-state index contributed by atoms with van der Waals surface area (Å²) in [5, 5.41) is 9.52. The normalized spacial score (nSPS) is 21.0. The van der Waals surface area contributed by atoms with Gasteiger partial charge in [0.05, 0.1) is 26.2 Å². The second kappa shape index (κ2) is 12.3. The van der Waals surface area contributed by atoms with Gasteiger partial charge in [-0.1, -0.05) is 18.2 Å². The quantitative estimate of drug-likeness (QED) is 0.392. The maximum atomic E-state index is 11.9. The Kier molecular flexibility index (Phi) is 8.59. The highest BCUT2D eigenvalue weighted by Gasteiger charge is 2.32. The van der Waals surface area contributed by atoms with Crippen LogP contribution in [0.3, 0.4) is 0 Å². The molecule has 0 radical (unpaired) electrons. The summed E-state index contributed by atoms with van der Waals surface area (Å²) in [5.74, 6) is 1.16. The molecule has 5 rings (SSSR count). The van der Waals surface area contributed by atoms with Crippen LogP contribution in [0.4, 0.5) is 0 Å². The zero-order chi connectivity index (χ0) is 28.2. The Morgan fingerprint density at radius 1 is 1.10 bits per heavy atom. The number of fused-ring (bicyclic) bond motifs is 1. The lowest BCUT2D eigenvalue weighted by molar-refractivity contribution is -0.142. The minimum absolute atomic E-state index is 0.118. The maximum Gasteiger partial charge on any atom is 0.306 e. The summed E-state index contributed by atoms with van der Waals surface area (Å²) in [5.41, 5.74) is 3.50. The van der Waals surface area contributed by atoms with Crippen LogP contribution in [0.1, 0.15) is 61.8 Å². The van der Waals surface area contributed by atoms with Crippen molar-refractivity contribution in [2.75, 3.05) is 33.4 Å². The SMILES string of the molecule is COc1cc(CN(CC2CC[C@@H](C(=O)O)C2)C(C)c2ccc3c(c2)CCO3)ccc1OCCN1C(=O)CCC1=O. The van der Waals surface area contributed by atoms with Gasteiger partial charge in [-0.25, -0.2) is 0 Å². The third-order valence-corrected chi connectivity index (χ3v) is 8.47. The number of amides is 2. The van der Waals surface area contributed by atoms with E-state index in [0.29, 0.717) is 37.0 Å². The second-order valence-electron chi connectivity index (χ2n) is 11.1. The minimum Gasteiger partial charge on any atom is -0.493 e. The number of ether oxygens (including phenoxy) is 3. The third-order valence-electron chi connectivity index (χ3n) is 8.47. The van der Waals surface area contributed by atoms with E-state index >= 15 is 0 Å². The maximum absolute atomic E-state index is 11.9. The number of hydrogen-bond donors (Lipinski definition) is 1. The molecule has 0 spiro atoms. The van der Waals surface area contributed by atoms with Crippen LogP contribution in [0, 0.1) is 11.8 Å². The van der Waals surface area contributed by atoms with E-state index in [1.807, 2.05) is 18.2 Å². The highest BCUT2D eigenvalue weighted by molar-refractivity contribution is 6.01. The van der Waals surface area contributed by atoms with Crippen molar-refractivity contribution in [2.24, 2.45) is 11.8 Å². The summed E-state index contributed by atoms with van der Waals surface area (Å²) in [6.45, 7) is 4.81. The van der Waals surface area contributed by atoms with Crippen LogP contribution >= 0.6 is 0 Å². The molecule has 214 valence electrons. The summed E-state index contributed by atoms with van der Waals surface area (Å²) < 4.78 is 17.2. The van der Waals surface area contributed by atoms with Crippen LogP contribution in [0.5, 0.6) is 17.2 Å². The van der Waals surface area contributed by atoms with Gasteiger partial charge in [-0.3, -0.25) is 24.2 Å². The topological polar surface area (TPSA) is 106 Å². The molecule has 3 atom stereocenters. The molecule has 2 aliphatic heterocycles. The molecular weight excluding hydrogens is 512 g/mol. The molecule has 2 heterocycles. The Hall–Kier alpha value is -3.59. The number of aliphatic carboxylic acids is 1. The van der Waals surface area contributed by atoms with Gasteiger partial charge >= 0.3 is 5.97 Å². The molecule has 2 amide bonds. The summed E-state index contributed by atoms with van der Waals surface area (Å²) in [6, 6.07) is 12.4. The van der Waals surface area contributed by atoms with Crippen molar-refractivity contribution in [1.82, 2.24) is 9.80 Å². The van der Waals surface area contributed by atoms with E-state index < -0.39 is 5.97 Å². The number of carbonyl (C=O) groups is 3. The van der Waals surface area contributed by atoms with Crippen molar-refractivity contribution in [2.45, 2.75) is 58.0 Å². The fraction of sp³-hybridized carbons (Fsp3) is 0.516. The Morgan fingerprint density at radius 3 is 2.62 bits per heavy atom. The number of imide groups is 1. The molecular formula is C31H38N2O7. The Bertz CT molecular complexity index is 1250. The van der Waals surface area contributed by atoms with Crippen LogP contribution in [0.2, 0.25) is 0 Å². The highest BCUT2D eigenvalue weighted by Crippen LogP contribution is 2.36. The Labute approximate surface area is 235 Å². The largest absolute Gasteiger partial charge is 0.493 e. The van der Waals surface area contributed by atoms with Crippen LogP contribution in [-0.2, 0) is 27.3 Å². The molecule has 9 nitrogen and oxygen atoms in total. The highest BCUT2D eigenvalue weighted by atomic mass is 16.5. The molecule has 0 bridgehead atoms. The Balaban J connectivity index is 1.30. The van der Waals surface area contributed by atoms with Crippen molar-refractivity contribution in [3.05, 3.63) is 53.1 Å². The second-order valence-corrected chi connectivity index (χ2v) is 11.1. The number of carbonyl (C=O) groups excluding carboxylic acids is 2. The van der Waals surface area contributed by atoms with Gasteiger partial charge in [-0.2, -0.15) is 0 Å². The molecule has 40 heavy (non-hydrogen) atoms. The van der Waals surface area contributed by atoms with Gasteiger partial charge in [0.1, 0.15) is 12.4 Å². The first-order valence-electron chi connectivity index (χ1n) is 14.2. The monoisotopic (exact) mass is 550 g/mol. The van der Waals surface area contributed by atoms with E-state index in [1.165, 1.54) is 16.0 Å². The molecule has 2 aromatic rings. The molecule has 1 aliphatic carbocycles. The van der Waals surface area contributed by atoms with Crippen LogP contribution in [-0.4, -0.2) is 66.1 Å².